The van der Waals surface area contributed by atoms with Gasteiger partial charge in [0.25, 0.3) is 5.56 Å². The van der Waals surface area contributed by atoms with Crippen molar-refractivity contribution in [3.63, 3.8) is 0 Å². The molecule has 134 valence electrons. The van der Waals surface area contributed by atoms with E-state index in [4.69, 9.17) is 0 Å². The van der Waals surface area contributed by atoms with Gasteiger partial charge in [0.15, 0.2) is 0 Å². The van der Waals surface area contributed by atoms with E-state index >= 15 is 0 Å². The minimum Gasteiger partial charge on any atom is -0.480 e. The van der Waals surface area contributed by atoms with Crippen molar-refractivity contribution in [1.29, 1.82) is 0 Å². The molecule has 3 aromatic rings. The fraction of sp³-hybridized carbons (Fsp3) is 0.0952. The van der Waals surface area contributed by atoms with Gasteiger partial charge in [-0.3, -0.25) is 14.2 Å². The molecular weight excluding hydrogens is 342 g/mol. The van der Waals surface area contributed by atoms with E-state index in [0.29, 0.717) is 23.6 Å². The topological polar surface area (TPSA) is 75.4 Å². The Bertz CT molecular complexity index is 1090. The van der Waals surface area contributed by atoms with Gasteiger partial charge in [-0.1, -0.05) is 54.6 Å². The van der Waals surface area contributed by atoms with Crippen molar-refractivity contribution in [3.05, 3.63) is 88.5 Å². The molecule has 0 fully saturated rings. The Kier molecular flexibility index (Phi) is 4.30. The van der Waals surface area contributed by atoms with Crippen molar-refractivity contribution in [2.24, 2.45) is 0 Å². The van der Waals surface area contributed by atoms with Gasteiger partial charge in [-0.25, -0.2) is 4.98 Å². The summed E-state index contributed by atoms with van der Waals surface area (Å²) >= 11 is 0. The first kappa shape index (κ1) is 16.8. The number of carboxylic acids is 1. The Balaban J connectivity index is 1.80. The summed E-state index contributed by atoms with van der Waals surface area (Å²) in [5.74, 6) is -0.749. The summed E-state index contributed by atoms with van der Waals surface area (Å²) in [6.45, 7) is 0.0827. The molecule has 0 bridgehead atoms. The van der Waals surface area contributed by atoms with E-state index in [9.17, 15) is 14.7 Å². The van der Waals surface area contributed by atoms with Gasteiger partial charge in [-0.05, 0) is 17.2 Å². The number of nitrogens with zero attached hydrogens (tertiary/aromatic N) is 3. The van der Waals surface area contributed by atoms with E-state index in [1.165, 1.54) is 10.8 Å². The Hall–Kier alpha value is -3.67. The first-order valence-corrected chi connectivity index (χ1v) is 8.53. The second-order valence-corrected chi connectivity index (χ2v) is 6.26. The van der Waals surface area contributed by atoms with Crippen molar-refractivity contribution in [3.8, 4) is 11.4 Å². The third-order valence-electron chi connectivity index (χ3n) is 4.49. The fourth-order valence-corrected chi connectivity index (χ4v) is 3.19. The predicted octanol–water partition coefficient (Wildman–Crippen LogP) is 2.99. The summed E-state index contributed by atoms with van der Waals surface area (Å²) in [5, 5.41) is 9.28. The molecule has 0 radical (unpaired) electrons. The summed E-state index contributed by atoms with van der Waals surface area (Å²) in [4.78, 5) is 30.6. The van der Waals surface area contributed by atoms with Crippen LogP contribution in [-0.4, -0.2) is 20.6 Å². The van der Waals surface area contributed by atoms with Crippen LogP contribution in [0.5, 0.6) is 0 Å². The highest BCUT2D eigenvalue weighted by atomic mass is 16.4. The number of benzene rings is 2. The lowest BCUT2D eigenvalue weighted by molar-refractivity contribution is -0.137. The molecule has 0 aliphatic carbocycles. The highest BCUT2D eigenvalue weighted by molar-refractivity contribution is 5.69. The highest BCUT2D eigenvalue weighted by Crippen LogP contribution is 2.24. The average Bonchev–Trinajstić information content (AvgIpc) is 2.69. The van der Waals surface area contributed by atoms with Crippen LogP contribution >= 0.6 is 0 Å². The summed E-state index contributed by atoms with van der Waals surface area (Å²) in [6.07, 6.45) is 5.28. The Morgan fingerprint density at radius 3 is 2.59 bits per heavy atom. The zero-order chi connectivity index (χ0) is 18.8. The van der Waals surface area contributed by atoms with E-state index in [1.807, 2.05) is 54.7 Å². The van der Waals surface area contributed by atoms with Crippen molar-refractivity contribution < 1.29 is 9.90 Å². The normalized spacial score (nSPS) is 12.7. The third kappa shape index (κ3) is 3.25. The lowest BCUT2D eigenvalue weighted by atomic mass is 10.0. The molecule has 1 aliphatic rings. The number of hydrogen-bond donors (Lipinski definition) is 1. The highest BCUT2D eigenvalue weighted by Gasteiger charge is 2.19. The van der Waals surface area contributed by atoms with Gasteiger partial charge in [0, 0.05) is 18.3 Å². The Morgan fingerprint density at radius 2 is 1.81 bits per heavy atom. The standard InChI is InChI=1S/C21H17N3O3/c25-19(26)14-24-20(16-7-2-1-3-8-16)22-12-18(21(24)27)23-11-10-15-6-4-5-9-17(15)13-23/h1-12H,13-14H2,(H,25,26). The average molecular weight is 359 g/mol. The summed E-state index contributed by atoms with van der Waals surface area (Å²) in [6, 6.07) is 17.1. The van der Waals surface area contributed by atoms with Gasteiger partial charge >= 0.3 is 5.97 Å². The minimum absolute atomic E-state index is 0.341. The molecule has 6 heteroatoms. The third-order valence-corrected chi connectivity index (χ3v) is 4.49. The zero-order valence-corrected chi connectivity index (χ0v) is 14.4. The van der Waals surface area contributed by atoms with Crippen LogP contribution in [0.3, 0.4) is 0 Å². The van der Waals surface area contributed by atoms with Crippen molar-refractivity contribution in [1.82, 2.24) is 9.55 Å². The number of anilines is 1. The van der Waals surface area contributed by atoms with Gasteiger partial charge in [-0.15, -0.1) is 0 Å². The van der Waals surface area contributed by atoms with Crippen molar-refractivity contribution in [2.45, 2.75) is 13.1 Å². The molecule has 4 rings (SSSR count). The van der Waals surface area contributed by atoms with E-state index in [0.717, 1.165) is 11.1 Å². The lowest BCUT2D eigenvalue weighted by Gasteiger charge is -2.25. The number of carboxylic acid groups (broad SMARTS) is 1. The number of hydrogen-bond acceptors (Lipinski definition) is 4. The number of aliphatic carboxylic acids is 1. The smallest absolute Gasteiger partial charge is 0.323 e. The van der Waals surface area contributed by atoms with Gasteiger partial charge in [0.1, 0.15) is 18.1 Å². The van der Waals surface area contributed by atoms with Crippen LogP contribution in [0.25, 0.3) is 17.5 Å². The molecule has 0 saturated carbocycles. The first-order chi connectivity index (χ1) is 13.1. The molecule has 0 spiro atoms. The van der Waals surface area contributed by atoms with Crippen LogP contribution < -0.4 is 10.5 Å². The van der Waals surface area contributed by atoms with Gasteiger partial charge in [0.2, 0.25) is 0 Å². The van der Waals surface area contributed by atoms with Crippen molar-refractivity contribution >= 4 is 17.7 Å². The monoisotopic (exact) mass is 359 g/mol. The van der Waals surface area contributed by atoms with Gasteiger partial charge in [0.05, 0.1) is 6.20 Å². The Labute approximate surface area is 155 Å². The molecule has 1 N–H and O–H groups in total. The maximum Gasteiger partial charge on any atom is 0.323 e. The predicted molar refractivity (Wildman–Crippen MR) is 103 cm³/mol. The SMILES string of the molecule is O=C(O)Cn1c(-c2ccccc2)ncc(N2C=Cc3ccccc3C2)c1=O. The lowest BCUT2D eigenvalue weighted by Crippen LogP contribution is -2.33. The van der Waals surface area contributed by atoms with E-state index in [1.54, 1.807) is 17.0 Å². The molecule has 6 nitrogen and oxygen atoms in total. The molecule has 0 amide bonds. The summed E-state index contributed by atoms with van der Waals surface area (Å²) < 4.78 is 1.21. The molecule has 0 saturated heterocycles. The Morgan fingerprint density at radius 1 is 1.07 bits per heavy atom. The summed E-state index contributed by atoms with van der Waals surface area (Å²) in [5.41, 5.74) is 2.86. The van der Waals surface area contributed by atoms with Crippen LogP contribution in [0, 0.1) is 0 Å². The molecule has 2 heterocycles. The maximum atomic E-state index is 13.1. The van der Waals surface area contributed by atoms with Crippen LogP contribution in [0.1, 0.15) is 11.1 Å². The second kappa shape index (κ2) is 6.92. The number of rotatable bonds is 4. The minimum atomic E-state index is -1.09. The van der Waals surface area contributed by atoms with E-state index in [2.05, 4.69) is 4.98 Å². The largest absolute Gasteiger partial charge is 0.480 e. The second-order valence-electron chi connectivity index (χ2n) is 6.26. The van der Waals surface area contributed by atoms with Crippen LogP contribution in [-0.2, 0) is 17.9 Å². The molecule has 1 aliphatic heterocycles. The zero-order valence-electron chi connectivity index (χ0n) is 14.4. The molecule has 27 heavy (non-hydrogen) atoms. The molecule has 0 atom stereocenters. The first-order valence-electron chi connectivity index (χ1n) is 8.53. The fourth-order valence-electron chi connectivity index (χ4n) is 3.19. The summed E-state index contributed by atoms with van der Waals surface area (Å²) in [7, 11) is 0. The van der Waals surface area contributed by atoms with Gasteiger partial charge < -0.3 is 10.0 Å². The quantitative estimate of drug-likeness (QED) is 0.775. The van der Waals surface area contributed by atoms with Crippen LogP contribution in [0.4, 0.5) is 5.69 Å². The maximum absolute atomic E-state index is 13.1. The number of aromatic nitrogens is 2. The molecule has 0 unspecified atom stereocenters. The number of carbonyl (C=O) groups is 1. The number of fused-ring (bicyclic) bond motifs is 1. The van der Waals surface area contributed by atoms with E-state index < -0.39 is 12.5 Å². The van der Waals surface area contributed by atoms with E-state index in [-0.39, 0.29) is 5.56 Å². The van der Waals surface area contributed by atoms with Crippen molar-refractivity contribution in [2.75, 3.05) is 4.90 Å². The van der Waals surface area contributed by atoms with Crippen LogP contribution in [0.15, 0.2) is 71.8 Å². The van der Waals surface area contributed by atoms with Gasteiger partial charge in [-0.2, -0.15) is 0 Å². The van der Waals surface area contributed by atoms with Crippen LogP contribution in [0.2, 0.25) is 0 Å². The molecule has 2 aromatic carbocycles. The molecule has 1 aromatic heterocycles. The molecular formula is C21H17N3O3.